The molecular formula is C21H39F. The van der Waals surface area contributed by atoms with Crippen LogP contribution in [0.25, 0.3) is 0 Å². The van der Waals surface area contributed by atoms with E-state index in [9.17, 15) is 4.39 Å². The van der Waals surface area contributed by atoms with Crippen molar-refractivity contribution in [2.75, 3.05) is 0 Å². The maximum atomic E-state index is 14.8. The quantitative estimate of drug-likeness (QED) is 0.494. The second-order valence-corrected chi connectivity index (χ2v) is 8.84. The number of hydrogen-bond acceptors (Lipinski definition) is 0. The van der Waals surface area contributed by atoms with E-state index in [-0.39, 0.29) is 0 Å². The molecule has 0 aromatic carbocycles. The highest BCUT2D eigenvalue weighted by molar-refractivity contribution is 4.87. The highest BCUT2D eigenvalue weighted by atomic mass is 19.1. The molecule has 0 bridgehead atoms. The molecule has 5 atom stereocenters. The lowest BCUT2D eigenvalue weighted by molar-refractivity contribution is 0.0501. The first-order chi connectivity index (χ1) is 10.5. The Balaban J connectivity index is 1.77. The summed E-state index contributed by atoms with van der Waals surface area (Å²) < 4.78 is 14.8. The zero-order valence-electron chi connectivity index (χ0n) is 15.5. The Morgan fingerprint density at radius 3 is 2.14 bits per heavy atom. The number of halogens is 1. The lowest BCUT2D eigenvalue weighted by atomic mass is 9.66. The van der Waals surface area contributed by atoms with Gasteiger partial charge in [0.2, 0.25) is 0 Å². The molecular weight excluding hydrogens is 271 g/mol. The summed E-state index contributed by atoms with van der Waals surface area (Å²) in [4.78, 5) is 0. The molecule has 0 amide bonds. The minimum absolute atomic E-state index is 0.350. The van der Waals surface area contributed by atoms with Crippen LogP contribution >= 0.6 is 0 Å². The van der Waals surface area contributed by atoms with Gasteiger partial charge < -0.3 is 0 Å². The summed E-state index contributed by atoms with van der Waals surface area (Å²) in [7, 11) is 0. The van der Waals surface area contributed by atoms with Crippen molar-refractivity contribution in [1.82, 2.24) is 0 Å². The summed E-state index contributed by atoms with van der Waals surface area (Å²) in [6.45, 7) is 9.29. The summed E-state index contributed by atoms with van der Waals surface area (Å²) >= 11 is 0. The summed E-state index contributed by atoms with van der Waals surface area (Å²) in [5.41, 5.74) is 0. The molecule has 2 aliphatic carbocycles. The van der Waals surface area contributed by atoms with Gasteiger partial charge in [-0.1, -0.05) is 59.8 Å². The van der Waals surface area contributed by atoms with Crippen molar-refractivity contribution in [2.24, 2.45) is 35.5 Å². The lowest BCUT2D eigenvalue weighted by Gasteiger charge is -2.40. The standard InChI is InChI=1S/C21H39F/c1-5-15(2)6-9-17(4)20-13-12-19(14-21(20)22)18-10-7-16(3)8-11-18/h15-21H,5-14H2,1-4H3. The fraction of sp³-hybridized carbons (Fsp3) is 1.00. The minimum Gasteiger partial charge on any atom is -0.247 e. The third kappa shape index (κ3) is 4.96. The van der Waals surface area contributed by atoms with Crippen molar-refractivity contribution in [1.29, 1.82) is 0 Å². The van der Waals surface area contributed by atoms with E-state index in [2.05, 4.69) is 27.7 Å². The summed E-state index contributed by atoms with van der Waals surface area (Å²) in [6, 6.07) is 0. The molecule has 0 spiro atoms. The molecule has 0 N–H and O–H groups in total. The third-order valence-electron chi connectivity index (χ3n) is 7.13. The van der Waals surface area contributed by atoms with E-state index in [1.54, 1.807) is 0 Å². The van der Waals surface area contributed by atoms with Crippen molar-refractivity contribution < 1.29 is 4.39 Å². The molecule has 0 heterocycles. The van der Waals surface area contributed by atoms with Crippen LogP contribution in [0.4, 0.5) is 4.39 Å². The number of alkyl halides is 1. The molecule has 2 fully saturated rings. The fourth-order valence-electron chi connectivity index (χ4n) is 4.96. The smallest absolute Gasteiger partial charge is 0.103 e. The van der Waals surface area contributed by atoms with Crippen LogP contribution in [0.15, 0.2) is 0 Å². The van der Waals surface area contributed by atoms with Crippen LogP contribution in [0.5, 0.6) is 0 Å². The van der Waals surface area contributed by atoms with Gasteiger partial charge in [-0.3, -0.25) is 0 Å². The predicted octanol–water partition coefficient (Wildman–Crippen LogP) is 7.03. The van der Waals surface area contributed by atoms with Crippen LogP contribution in [0.3, 0.4) is 0 Å². The third-order valence-corrected chi connectivity index (χ3v) is 7.13. The van der Waals surface area contributed by atoms with Crippen LogP contribution in [0, 0.1) is 35.5 Å². The molecule has 130 valence electrons. The zero-order chi connectivity index (χ0) is 16.1. The van der Waals surface area contributed by atoms with Gasteiger partial charge in [-0.15, -0.1) is 0 Å². The van der Waals surface area contributed by atoms with Crippen LogP contribution in [-0.4, -0.2) is 6.17 Å². The molecule has 0 aromatic rings. The molecule has 0 radical (unpaired) electrons. The average molecular weight is 311 g/mol. The Labute approximate surface area is 138 Å². The molecule has 0 saturated heterocycles. The van der Waals surface area contributed by atoms with E-state index >= 15 is 0 Å². The zero-order valence-corrected chi connectivity index (χ0v) is 15.5. The Kier molecular flexibility index (Phi) is 7.22. The van der Waals surface area contributed by atoms with Crippen molar-refractivity contribution in [3.05, 3.63) is 0 Å². The van der Waals surface area contributed by atoms with Gasteiger partial charge >= 0.3 is 0 Å². The van der Waals surface area contributed by atoms with Gasteiger partial charge in [0.15, 0.2) is 0 Å². The molecule has 5 unspecified atom stereocenters. The van der Waals surface area contributed by atoms with E-state index in [1.165, 1.54) is 51.4 Å². The largest absolute Gasteiger partial charge is 0.247 e. The first kappa shape index (κ1) is 18.3. The first-order valence-electron chi connectivity index (χ1n) is 10.1. The van der Waals surface area contributed by atoms with Gasteiger partial charge in [0, 0.05) is 0 Å². The Hall–Kier alpha value is -0.0700. The van der Waals surface area contributed by atoms with Gasteiger partial charge in [-0.25, -0.2) is 4.39 Å². The summed E-state index contributed by atoms with van der Waals surface area (Å²) in [5.74, 6) is 4.18. The SMILES string of the molecule is CCC(C)CCC(C)C1CCC(C2CCC(C)CC2)CC1F. The van der Waals surface area contributed by atoms with Crippen molar-refractivity contribution >= 4 is 0 Å². The molecule has 1 heteroatoms. The van der Waals surface area contributed by atoms with E-state index in [0.29, 0.717) is 17.8 Å². The maximum absolute atomic E-state index is 14.8. The average Bonchev–Trinajstić information content (AvgIpc) is 2.52. The van der Waals surface area contributed by atoms with Gasteiger partial charge in [-0.05, 0) is 67.6 Å². The van der Waals surface area contributed by atoms with Gasteiger partial charge in [0.25, 0.3) is 0 Å². The maximum Gasteiger partial charge on any atom is 0.103 e. The second kappa shape index (κ2) is 8.69. The van der Waals surface area contributed by atoms with Gasteiger partial charge in [0.1, 0.15) is 6.17 Å². The fourth-order valence-corrected chi connectivity index (χ4v) is 4.96. The normalized spacial score (nSPS) is 39.4. The predicted molar refractivity (Wildman–Crippen MR) is 94.7 cm³/mol. The van der Waals surface area contributed by atoms with Crippen LogP contribution < -0.4 is 0 Å². The Bertz CT molecular complexity index is 305. The number of rotatable bonds is 6. The van der Waals surface area contributed by atoms with E-state index < -0.39 is 6.17 Å². The van der Waals surface area contributed by atoms with Crippen molar-refractivity contribution in [3.63, 3.8) is 0 Å². The molecule has 0 nitrogen and oxygen atoms in total. The highest BCUT2D eigenvalue weighted by Gasteiger charge is 2.37. The Morgan fingerprint density at radius 1 is 0.909 bits per heavy atom. The minimum atomic E-state index is -0.523. The van der Waals surface area contributed by atoms with E-state index in [0.717, 1.165) is 30.6 Å². The van der Waals surface area contributed by atoms with E-state index in [4.69, 9.17) is 0 Å². The van der Waals surface area contributed by atoms with Gasteiger partial charge in [-0.2, -0.15) is 0 Å². The lowest BCUT2D eigenvalue weighted by Crippen LogP contribution is -2.34. The summed E-state index contributed by atoms with van der Waals surface area (Å²) in [5, 5.41) is 0. The Morgan fingerprint density at radius 2 is 1.55 bits per heavy atom. The van der Waals surface area contributed by atoms with Crippen LogP contribution in [0.2, 0.25) is 0 Å². The first-order valence-corrected chi connectivity index (χ1v) is 10.1. The van der Waals surface area contributed by atoms with Crippen LogP contribution in [-0.2, 0) is 0 Å². The molecule has 2 aliphatic rings. The highest BCUT2D eigenvalue weighted by Crippen LogP contribution is 2.44. The van der Waals surface area contributed by atoms with E-state index in [1.807, 2.05) is 0 Å². The number of hydrogen-bond donors (Lipinski definition) is 0. The molecule has 2 rings (SSSR count). The molecule has 22 heavy (non-hydrogen) atoms. The monoisotopic (exact) mass is 310 g/mol. The molecule has 0 aromatic heterocycles. The van der Waals surface area contributed by atoms with Crippen molar-refractivity contribution in [3.8, 4) is 0 Å². The summed E-state index contributed by atoms with van der Waals surface area (Å²) in [6.07, 6.45) is 12.1. The van der Waals surface area contributed by atoms with Gasteiger partial charge in [0.05, 0.1) is 0 Å². The topological polar surface area (TPSA) is 0 Å². The van der Waals surface area contributed by atoms with Crippen molar-refractivity contribution in [2.45, 2.75) is 98.1 Å². The van der Waals surface area contributed by atoms with Crippen LogP contribution in [0.1, 0.15) is 91.9 Å². The second-order valence-electron chi connectivity index (χ2n) is 8.84. The molecule has 0 aliphatic heterocycles. The molecule has 2 saturated carbocycles.